The molecule has 0 unspecified atom stereocenters. The van der Waals surface area contributed by atoms with Gasteiger partial charge in [0.2, 0.25) is 5.91 Å². The highest BCUT2D eigenvalue weighted by molar-refractivity contribution is 5.81. The van der Waals surface area contributed by atoms with Crippen LogP contribution in [0.4, 0.5) is 0 Å². The van der Waals surface area contributed by atoms with E-state index in [4.69, 9.17) is 10.8 Å². The average molecular weight is 222 g/mol. The van der Waals surface area contributed by atoms with E-state index in [-0.39, 0.29) is 11.7 Å². The molecule has 1 amide bonds. The molecule has 0 aliphatic carbocycles. The normalized spacial score (nSPS) is 12.2. The van der Waals surface area contributed by atoms with Gasteiger partial charge in [-0.15, -0.1) is 0 Å². The summed E-state index contributed by atoms with van der Waals surface area (Å²) in [5.41, 5.74) is 6.76. The van der Waals surface area contributed by atoms with Crippen LogP contribution in [0, 0.1) is 0 Å². The van der Waals surface area contributed by atoms with Crippen LogP contribution in [0.3, 0.4) is 0 Å². The van der Waals surface area contributed by atoms with E-state index in [0.29, 0.717) is 13.0 Å². The zero-order chi connectivity index (χ0) is 12.1. The maximum absolute atomic E-state index is 11.7. The second-order valence-electron chi connectivity index (χ2n) is 3.83. The number of phenolic OH excluding ortho intramolecular Hbond substituents is 1. The SMILES string of the molecule is CCN(C)C(=O)[C@@H](N)Cc1ccc(O)cc1. The number of rotatable bonds is 4. The van der Waals surface area contributed by atoms with E-state index in [1.807, 2.05) is 6.92 Å². The highest BCUT2D eigenvalue weighted by Gasteiger charge is 2.16. The first kappa shape index (κ1) is 12.5. The number of nitrogens with two attached hydrogens (primary N) is 1. The summed E-state index contributed by atoms with van der Waals surface area (Å²) in [5.74, 6) is 0.157. The van der Waals surface area contributed by atoms with Crippen molar-refractivity contribution in [1.29, 1.82) is 0 Å². The minimum atomic E-state index is -0.519. The van der Waals surface area contributed by atoms with Crippen molar-refractivity contribution in [1.82, 2.24) is 4.90 Å². The summed E-state index contributed by atoms with van der Waals surface area (Å²) in [6.45, 7) is 2.56. The van der Waals surface area contributed by atoms with Crippen molar-refractivity contribution in [3.8, 4) is 5.75 Å². The molecule has 0 aliphatic heterocycles. The molecular formula is C12H18N2O2. The molecule has 0 bridgehead atoms. The number of amides is 1. The lowest BCUT2D eigenvalue weighted by Crippen LogP contribution is -2.42. The Hall–Kier alpha value is -1.55. The van der Waals surface area contributed by atoms with Gasteiger partial charge in [0.1, 0.15) is 5.75 Å². The molecule has 0 spiro atoms. The summed E-state index contributed by atoms with van der Waals surface area (Å²) in [4.78, 5) is 13.3. The number of benzene rings is 1. The molecule has 88 valence electrons. The van der Waals surface area contributed by atoms with Crippen molar-refractivity contribution in [2.24, 2.45) is 5.73 Å². The Morgan fingerprint density at radius 1 is 1.44 bits per heavy atom. The minimum Gasteiger partial charge on any atom is -0.508 e. The van der Waals surface area contributed by atoms with Crippen molar-refractivity contribution in [3.63, 3.8) is 0 Å². The maximum Gasteiger partial charge on any atom is 0.239 e. The fourth-order valence-corrected chi connectivity index (χ4v) is 1.41. The molecule has 0 heterocycles. The van der Waals surface area contributed by atoms with Crippen LogP contribution >= 0.6 is 0 Å². The van der Waals surface area contributed by atoms with Crippen molar-refractivity contribution in [3.05, 3.63) is 29.8 Å². The molecule has 1 rings (SSSR count). The molecule has 0 radical (unpaired) electrons. The van der Waals surface area contributed by atoms with Gasteiger partial charge < -0.3 is 15.7 Å². The molecule has 0 saturated carbocycles. The Bertz CT molecular complexity index is 349. The van der Waals surface area contributed by atoms with Crippen molar-refractivity contribution >= 4 is 5.91 Å². The number of hydrogen-bond donors (Lipinski definition) is 2. The summed E-state index contributed by atoms with van der Waals surface area (Å²) in [6, 6.07) is 6.21. The lowest BCUT2D eigenvalue weighted by molar-refractivity contribution is -0.131. The topological polar surface area (TPSA) is 66.6 Å². The number of phenols is 1. The first-order chi connectivity index (χ1) is 7.54. The second kappa shape index (κ2) is 5.51. The maximum atomic E-state index is 11.7. The molecule has 1 aromatic carbocycles. The van der Waals surface area contributed by atoms with Gasteiger partial charge in [-0.1, -0.05) is 12.1 Å². The van der Waals surface area contributed by atoms with Crippen LogP contribution in [0.5, 0.6) is 5.75 Å². The third-order valence-electron chi connectivity index (χ3n) is 2.56. The van der Waals surface area contributed by atoms with Crippen LogP contribution in [0.15, 0.2) is 24.3 Å². The van der Waals surface area contributed by atoms with Gasteiger partial charge in [-0.25, -0.2) is 0 Å². The molecule has 0 saturated heterocycles. The Morgan fingerprint density at radius 3 is 2.50 bits per heavy atom. The van der Waals surface area contributed by atoms with Gasteiger partial charge in [0.25, 0.3) is 0 Å². The lowest BCUT2D eigenvalue weighted by atomic mass is 10.1. The van der Waals surface area contributed by atoms with Gasteiger partial charge >= 0.3 is 0 Å². The predicted molar refractivity (Wildman–Crippen MR) is 63.1 cm³/mol. The van der Waals surface area contributed by atoms with E-state index in [2.05, 4.69) is 0 Å². The third-order valence-corrected chi connectivity index (χ3v) is 2.56. The van der Waals surface area contributed by atoms with E-state index in [1.165, 1.54) is 0 Å². The van der Waals surface area contributed by atoms with Gasteiger partial charge in [-0.2, -0.15) is 0 Å². The van der Waals surface area contributed by atoms with Crippen molar-refractivity contribution in [2.75, 3.05) is 13.6 Å². The van der Waals surface area contributed by atoms with Gasteiger partial charge in [0.05, 0.1) is 6.04 Å². The number of likely N-dealkylation sites (N-methyl/N-ethyl adjacent to an activating group) is 1. The summed E-state index contributed by atoms with van der Waals surface area (Å²) >= 11 is 0. The molecule has 4 nitrogen and oxygen atoms in total. The van der Waals surface area contributed by atoms with Crippen LogP contribution in [-0.2, 0) is 11.2 Å². The minimum absolute atomic E-state index is 0.0597. The molecule has 3 N–H and O–H groups in total. The van der Waals surface area contributed by atoms with E-state index in [9.17, 15) is 4.79 Å². The highest BCUT2D eigenvalue weighted by atomic mass is 16.3. The zero-order valence-electron chi connectivity index (χ0n) is 9.68. The van der Waals surface area contributed by atoms with Gasteiger partial charge in [-0.05, 0) is 31.0 Å². The Kier molecular flexibility index (Phi) is 4.31. The zero-order valence-corrected chi connectivity index (χ0v) is 9.68. The monoisotopic (exact) mass is 222 g/mol. The number of carbonyl (C=O) groups is 1. The van der Waals surface area contributed by atoms with Crippen LogP contribution in [0.1, 0.15) is 12.5 Å². The first-order valence-electron chi connectivity index (χ1n) is 5.33. The Balaban J connectivity index is 2.60. The smallest absolute Gasteiger partial charge is 0.239 e. The second-order valence-corrected chi connectivity index (χ2v) is 3.83. The number of aromatic hydroxyl groups is 1. The van der Waals surface area contributed by atoms with E-state index >= 15 is 0 Å². The van der Waals surface area contributed by atoms with E-state index in [1.54, 1.807) is 36.2 Å². The number of hydrogen-bond acceptors (Lipinski definition) is 3. The standard InChI is InChI=1S/C12H18N2O2/c1-3-14(2)12(16)11(13)8-9-4-6-10(15)7-5-9/h4-7,11,15H,3,8,13H2,1-2H3/t11-/m0/s1. The summed E-state index contributed by atoms with van der Waals surface area (Å²) in [5, 5.41) is 9.12. The third kappa shape index (κ3) is 3.24. The fourth-order valence-electron chi connectivity index (χ4n) is 1.41. The highest BCUT2D eigenvalue weighted by Crippen LogP contribution is 2.11. The van der Waals surface area contributed by atoms with E-state index in [0.717, 1.165) is 5.56 Å². The van der Waals surface area contributed by atoms with Crippen LogP contribution in [0.2, 0.25) is 0 Å². The largest absolute Gasteiger partial charge is 0.508 e. The van der Waals surface area contributed by atoms with Crippen LogP contribution in [0.25, 0.3) is 0 Å². The van der Waals surface area contributed by atoms with Gasteiger partial charge in [0.15, 0.2) is 0 Å². The Labute approximate surface area is 95.7 Å². The fraction of sp³-hybridized carbons (Fsp3) is 0.417. The summed E-state index contributed by atoms with van der Waals surface area (Å²) in [7, 11) is 1.74. The quantitative estimate of drug-likeness (QED) is 0.789. The van der Waals surface area contributed by atoms with Crippen molar-refractivity contribution < 1.29 is 9.90 Å². The molecule has 1 aromatic rings. The molecular weight excluding hydrogens is 204 g/mol. The average Bonchev–Trinajstić information content (AvgIpc) is 2.30. The van der Waals surface area contributed by atoms with Crippen LogP contribution < -0.4 is 5.73 Å². The van der Waals surface area contributed by atoms with E-state index < -0.39 is 6.04 Å². The van der Waals surface area contributed by atoms with Crippen molar-refractivity contribution in [2.45, 2.75) is 19.4 Å². The van der Waals surface area contributed by atoms with Crippen LogP contribution in [-0.4, -0.2) is 35.5 Å². The molecule has 4 heteroatoms. The lowest BCUT2D eigenvalue weighted by Gasteiger charge is -2.19. The van der Waals surface area contributed by atoms with Gasteiger partial charge in [-0.3, -0.25) is 4.79 Å². The first-order valence-corrected chi connectivity index (χ1v) is 5.33. The number of carbonyl (C=O) groups excluding carboxylic acids is 1. The molecule has 1 atom stereocenters. The molecule has 0 aliphatic rings. The Morgan fingerprint density at radius 2 is 2.00 bits per heavy atom. The van der Waals surface area contributed by atoms with Gasteiger partial charge in [0, 0.05) is 13.6 Å². The summed E-state index contributed by atoms with van der Waals surface area (Å²) < 4.78 is 0. The molecule has 0 aromatic heterocycles. The molecule has 16 heavy (non-hydrogen) atoms. The number of nitrogens with zero attached hydrogens (tertiary/aromatic N) is 1. The predicted octanol–water partition coefficient (Wildman–Crippen LogP) is 0.740. The summed E-state index contributed by atoms with van der Waals surface area (Å²) in [6.07, 6.45) is 0.490. The molecule has 0 fully saturated rings.